The summed E-state index contributed by atoms with van der Waals surface area (Å²) < 4.78 is 10.8. The fraction of sp³-hybridized carbons (Fsp3) is 0.0833. The number of hydrogen-bond donors (Lipinski definition) is 6. The lowest BCUT2D eigenvalue weighted by molar-refractivity contribution is -0.199. The van der Waals surface area contributed by atoms with E-state index in [0.717, 1.165) is 33.6 Å². The Bertz CT molecular complexity index is 2550. The molecule has 2 amide bonds. The van der Waals surface area contributed by atoms with E-state index < -0.39 is 12.2 Å². The van der Waals surface area contributed by atoms with Gasteiger partial charge in [0.2, 0.25) is 0 Å². The Kier molecular flexibility index (Phi) is 14.3. The summed E-state index contributed by atoms with van der Waals surface area (Å²) in [5.41, 5.74) is 6.90. The summed E-state index contributed by atoms with van der Waals surface area (Å²) >= 11 is 0. The molecule has 14 nitrogen and oxygen atoms in total. The highest BCUT2D eigenvalue weighted by Crippen LogP contribution is 2.24. The molecule has 0 aliphatic heterocycles. The number of carbonyl (C=O) groups is 2. The zero-order chi connectivity index (χ0) is 42.9. The first-order chi connectivity index (χ1) is 30.3. The summed E-state index contributed by atoms with van der Waals surface area (Å²) in [6.45, 7) is 0.148. The van der Waals surface area contributed by atoms with Gasteiger partial charge >= 0.3 is 12.2 Å². The van der Waals surface area contributed by atoms with E-state index in [9.17, 15) is 19.8 Å². The highest BCUT2D eigenvalue weighted by molar-refractivity contribution is 5.87. The molecule has 14 heteroatoms. The standard InChI is InChI=1S/C48H42N4O10/c53-40-7-3-9-42(28-40)59-48(56)52-46-13-2-1-6-36(46)27-35-16-22-38(23-17-35)50-32-58-62-45-12-5-10-43(30-45)60-47(55)51-39-24-18-34(19-25-39)26-33-14-20-37(21-15-33)49-31-57-61-44-11-4-8-41(54)29-44/h1-25,28-30,49-50,53-54H,26-27,31-32H2,(H,51,55)(H,52,56). The van der Waals surface area contributed by atoms with Crippen LogP contribution in [0.3, 0.4) is 0 Å². The monoisotopic (exact) mass is 834 g/mol. The van der Waals surface area contributed by atoms with Crippen LogP contribution in [0, 0.1) is 0 Å². The quantitative estimate of drug-likeness (QED) is 0.0209. The van der Waals surface area contributed by atoms with Gasteiger partial charge < -0.3 is 40.1 Å². The van der Waals surface area contributed by atoms with Crippen LogP contribution in [0.1, 0.15) is 22.3 Å². The molecule has 62 heavy (non-hydrogen) atoms. The second kappa shape index (κ2) is 21.2. The number of amides is 2. The molecule has 0 heterocycles. The molecule has 7 aromatic rings. The SMILES string of the molecule is O=C(Nc1ccc(Cc2ccc(NCOOc3cccc(O)c3)cc2)cc1)Oc1cccc(OOCNc2ccc(Cc3ccccc3NC(=O)Oc3cccc(O)c3)cc2)c1. The molecule has 314 valence electrons. The van der Waals surface area contributed by atoms with Crippen LogP contribution in [-0.4, -0.2) is 35.9 Å². The highest BCUT2D eigenvalue weighted by atomic mass is 17.2. The first-order valence-corrected chi connectivity index (χ1v) is 19.4. The summed E-state index contributed by atoms with van der Waals surface area (Å²) in [5, 5.41) is 30.9. The topological polar surface area (TPSA) is 178 Å². The van der Waals surface area contributed by atoms with E-state index in [-0.39, 0.29) is 36.5 Å². The van der Waals surface area contributed by atoms with Crippen molar-refractivity contribution in [3.8, 4) is 34.5 Å². The molecule has 0 saturated heterocycles. The summed E-state index contributed by atoms with van der Waals surface area (Å²) in [5.74, 6) is 1.33. The minimum absolute atomic E-state index is 0.00139. The van der Waals surface area contributed by atoms with Gasteiger partial charge in [-0.15, -0.1) is 0 Å². The Morgan fingerprint density at radius 1 is 0.435 bits per heavy atom. The predicted molar refractivity (Wildman–Crippen MR) is 234 cm³/mol. The molecule has 0 aromatic heterocycles. The third-order valence-corrected chi connectivity index (χ3v) is 9.01. The fourth-order valence-electron chi connectivity index (χ4n) is 6.02. The first-order valence-electron chi connectivity index (χ1n) is 19.4. The normalized spacial score (nSPS) is 10.6. The third kappa shape index (κ3) is 13.2. The Labute approximate surface area is 357 Å². The van der Waals surface area contributed by atoms with Crippen LogP contribution in [0.5, 0.6) is 34.5 Å². The van der Waals surface area contributed by atoms with Crippen LogP contribution in [0.2, 0.25) is 0 Å². The zero-order valence-corrected chi connectivity index (χ0v) is 33.2. The van der Waals surface area contributed by atoms with Gasteiger partial charge in [-0.2, -0.15) is 9.78 Å². The van der Waals surface area contributed by atoms with E-state index >= 15 is 0 Å². The van der Waals surface area contributed by atoms with Crippen molar-refractivity contribution in [3.05, 3.63) is 192 Å². The van der Waals surface area contributed by atoms with Gasteiger partial charge in [-0.25, -0.2) is 9.59 Å². The third-order valence-electron chi connectivity index (χ3n) is 9.01. The van der Waals surface area contributed by atoms with Crippen LogP contribution in [0.25, 0.3) is 0 Å². The molecule has 0 bridgehead atoms. The van der Waals surface area contributed by atoms with Crippen LogP contribution in [0.15, 0.2) is 170 Å². The van der Waals surface area contributed by atoms with Gasteiger partial charge in [0.1, 0.15) is 23.0 Å². The van der Waals surface area contributed by atoms with Crippen molar-refractivity contribution in [2.75, 3.05) is 34.7 Å². The van der Waals surface area contributed by atoms with Crippen molar-refractivity contribution >= 4 is 34.9 Å². The lowest BCUT2D eigenvalue weighted by Gasteiger charge is -2.12. The number of phenolic OH excluding ortho intramolecular Hbond substituents is 2. The summed E-state index contributed by atoms with van der Waals surface area (Å²) in [4.78, 5) is 46.3. The van der Waals surface area contributed by atoms with E-state index in [4.69, 9.17) is 29.0 Å². The Balaban J connectivity index is 0.794. The maximum absolute atomic E-state index is 12.7. The van der Waals surface area contributed by atoms with Crippen molar-refractivity contribution in [2.24, 2.45) is 0 Å². The minimum Gasteiger partial charge on any atom is -0.508 e. The number of nitrogens with one attached hydrogen (secondary N) is 4. The van der Waals surface area contributed by atoms with Crippen molar-refractivity contribution in [2.45, 2.75) is 12.8 Å². The van der Waals surface area contributed by atoms with Crippen LogP contribution >= 0.6 is 0 Å². The van der Waals surface area contributed by atoms with Gasteiger partial charge in [-0.05, 0) is 114 Å². The van der Waals surface area contributed by atoms with Gasteiger partial charge in [0, 0.05) is 40.9 Å². The van der Waals surface area contributed by atoms with Gasteiger partial charge in [0.25, 0.3) is 0 Å². The molecule has 0 aliphatic carbocycles. The number of aromatic hydroxyl groups is 2. The van der Waals surface area contributed by atoms with Gasteiger partial charge in [-0.3, -0.25) is 10.6 Å². The summed E-state index contributed by atoms with van der Waals surface area (Å²) in [6.07, 6.45) is -0.0745. The Morgan fingerprint density at radius 2 is 0.887 bits per heavy atom. The Hall–Kier alpha value is -8.20. The summed E-state index contributed by atoms with van der Waals surface area (Å²) in [7, 11) is 0. The first kappa shape index (κ1) is 41.9. The van der Waals surface area contributed by atoms with Gasteiger partial charge in [-0.1, -0.05) is 72.8 Å². The lowest BCUT2D eigenvalue weighted by atomic mass is 10.0. The second-order valence-electron chi connectivity index (χ2n) is 13.6. The van der Waals surface area contributed by atoms with Crippen molar-refractivity contribution in [1.29, 1.82) is 0 Å². The second-order valence-corrected chi connectivity index (χ2v) is 13.6. The zero-order valence-electron chi connectivity index (χ0n) is 33.2. The molecule has 0 atom stereocenters. The fourth-order valence-corrected chi connectivity index (χ4v) is 6.02. The van der Waals surface area contributed by atoms with Gasteiger partial charge in [0.15, 0.2) is 25.0 Å². The van der Waals surface area contributed by atoms with E-state index in [1.165, 1.54) is 24.3 Å². The number of ether oxygens (including phenoxy) is 2. The van der Waals surface area contributed by atoms with Crippen molar-refractivity contribution in [1.82, 2.24) is 0 Å². The molecular formula is C48H42N4O10. The highest BCUT2D eigenvalue weighted by Gasteiger charge is 2.11. The average Bonchev–Trinajstić information content (AvgIpc) is 3.26. The minimum atomic E-state index is -0.665. The number of carbonyl (C=O) groups excluding carboxylic acids is 2. The number of phenols is 2. The average molecular weight is 835 g/mol. The molecule has 0 spiro atoms. The Morgan fingerprint density at radius 3 is 1.47 bits per heavy atom. The number of anilines is 4. The van der Waals surface area contributed by atoms with E-state index in [0.29, 0.717) is 35.7 Å². The molecule has 6 N–H and O–H groups in total. The maximum atomic E-state index is 12.7. The summed E-state index contributed by atoms with van der Waals surface area (Å²) in [6, 6.07) is 49.4. The number of rotatable bonds is 18. The van der Waals surface area contributed by atoms with E-state index in [1.807, 2.05) is 91.0 Å². The van der Waals surface area contributed by atoms with Gasteiger partial charge in [0.05, 0.1) is 0 Å². The van der Waals surface area contributed by atoms with Crippen LogP contribution in [-0.2, 0) is 22.6 Å². The van der Waals surface area contributed by atoms with Crippen molar-refractivity contribution in [3.63, 3.8) is 0 Å². The maximum Gasteiger partial charge on any atom is 0.417 e. The molecule has 0 fully saturated rings. The van der Waals surface area contributed by atoms with E-state index in [1.54, 1.807) is 54.6 Å². The largest absolute Gasteiger partial charge is 0.508 e. The molecule has 7 aromatic carbocycles. The number of benzene rings is 7. The predicted octanol–water partition coefficient (Wildman–Crippen LogP) is 10.3. The van der Waals surface area contributed by atoms with Crippen LogP contribution < -0.4 is 40.5 Å². The molecule has 0 radical (unpaired) electrons. The molecule has 0 saturated carbocycles. The molecule has 7 rings (SSSR count). The molecular weight excluding hydrogens is 793 g/mol. The molecule has 0 aliphatic rings. The van der Waals surface area contributed by atoms with Crippen molar-refractivity contribution < 1.29 is 48.8 Å². The van der Waals surface area contributed by atoms with E-state index in [2.05, 4.69) is 21.3 Å². The lowest BCUT2D eigenvalue weighted by Crippen LogP contribution is -2.17. The number of para-hydroxylation sites is 1. The van der Waals surface area contributed by atoms with Crippen LogP contribution in [0.4, 0.5) is 32.3 Å². The number of hydrogen-bond acceptors (Lipinski definition) is 12. The molecule has 0 unspecified atom stereocenters. The smallest absolute Gasteiger partial charge is 0.417 e.